The molecule has 0 aliphatic rings. The molecule has 0 bridgehead atoms. The zero-order valence-corrected chi connectivity index (χ0v) is 66.0. The topological polar surface area (TPSA) is 46.2 Å². The van der Waals surface area contributed by atoms with Gasteiger partial charge in [-0.25, -0.2) is 0 Å². The molecule has 0 heterocycles. The fourth-order valence-corrected chi connectivity index (χ4v) is 11.1. The van der Waals surface area contributed by atoms with Crippen LogP contribution in [-0.2, 0) is 65.1 Å². The number of hydrogen-bond acceptors (Lipinski definition) is 5. The Balaban J connectivity index is 0.000000649. The number of aryl methyl sites for hydroxylation is 5. The minimum Gasteiger partial charge on any atom is -0.489 e. The first-order valence-corrected chi connectivity index (χ1v) is 38.3. The molecular formula is C90H110F5O5S5. The molecule has 5 nitrogen and oxygen atoms in total. The van der Waals surface area contributed by atoms with Crippen molar-refractivity contribution >= 4 is 63.1 Å². The van der Waals surface area contributed by atoms with Gasteiger partial charge in [-0.2, -0.15) is 0 Å². The van der Waals surface area contributed by atoms with Gasteiger partial charge in [-0.1, -0.05) is 283 Å². The Morgan fingerprint density at radius 1 is 0.171 bits per heavy atom. The molecule has 0 amide bonds. The van der Waals surface area contributed by atoms with Crippen LogP contribution in [-0.4, -0.2) is 0 Å². The summed E-state index contributed by atoms with van der Waals surface area (Å²) in [6.07, 6.45) is 25.2. The Bertz CT molecular complexity index is 3110. The first-order chi connectivity index (χ1) is 48.9. The Kier molecular flexibility index (Phi) is 52.6. The van der Waals surface area contributed by atoms with Crippen LogP contribution in [0.3, 0.4) is 0 Å². The Hall–Kier alpha value is -8.05. The SMILES string of the molecule is CCCCCc1ccc(COc2ccc([S])cc2)cc1.CCCCCc1ccc(COc2ccc([S])cc2)cc1.CCCCCc1ccc(COc2ccc([S])cc2)cc1.CCCCCc1ccc(COc2ccc([S])cc2)cc1.CCCCCc1ccc(COc2ccc([S])cc2)cc1.F.F.F.F.F. The summed E-state index contributed by atoms with van der Waals surface area (Å²) in [7, 11) is 0. The Morgan fingerprint density at radius 2 is 0.295 bits per heavy atom. The average Bonchev–Trinajstić information content (AvgIpc) is 0.996. The molecule has 0 saturated heterocycles. The van der Waals surface area contributed by atoms with Gasteiger partial charge in [0.2, 0.25) is 0 Å². The lowest BCUT2D eigenvalue weighted by atomic mass is 10.1. The molecule has 0 fully saturated rings. The summed E-state index contributed by atoms with van der Waals surface area (Å²) in [5, 5.41) is 0. The van der Waals surface area contributed by atoms with Crippen molar-refractivity contribution in [2.45, 2.75) is 221 Å². The first kappa shape index (κ1) is 95.0. The van der Waals surface area contributed by atoms with Gasteiger partial charge in [-0.3, -0.25) is 23.5 Å². The van der Waals surface area contributed by atoms with Gasteiger partial charge in [0.05, 0.1) is 0 Å². The predicted molar refractivity (Wildman–Crippen MR) is 444 cm³/mol. The van der Waals surface area contributed by atoms with Crippen LogP contribution in [0.1, 0.15) is 187 Å². The summed E-state index contributed by atoms with van der Waals surface area (Å²) < 4.78 is 28.7. The molecule has 0 aromatic heterocycles. The third-order valence-electron chi connectivity index (χ3n) is 16.6. The fourth-order valence-electron chi connectivity index (χ4n) is 10.4. The number of unbranched alkanes of at least 4 members (excludes halogenated alkanes) is 10. The molecule has 10 rings (SSSR count). The number of halogens is 5. The van der Waals surface area contributed by atoms with E-state index in [1.807, 2.05) is 121 Å². The van der Waals surface area contributed by atoms with Gasteiger partial charge < -0.3 is 23.7 Å². The van der Waals surface area contributed by atoms with Crippen molar-refractivity contribution in [2.75, 3.05) is 0 Å². The lowest BCUT2D eigenvalue weighted by Gasteiger charge is -2.07. The van der Waals surface area contributed by atoms with E-state index < -0.39 is 0 Å². The minimum atomic E-state index is 0. The van der Waals surface area contributed by atoms with E-state index >= 15 is 0 Å². The molecule has 5 radical (unpaired) electrons. The Morgan fingerprint density at radius 3 is 0.419 bits per heavy atom. The molecule has 0 unspecified atom stereocenters. The molecule has 10 aromatic carbocycles. The lowest BCUT2D eigenvalue weighted by molar-refractivity contribution is 0.306. The van der Waals surface area contributed by atoms with E-state index in [0.29, 0.717) is 33.0 Å². The highest BCUT2D eigenvalue weighted by atomic mass is 32.1. The molecule has 0 saturated carbocycles. The quantitative estimate of drug-likeness (QED) is 0.0293. The zero-order valence-electron chi connectivity index (χ0n) is 61.9. The lowest BCUT2D eigenvalue weighted by Crippen LogP contribution is -1.95. The number of ether oxygens (including phenoxy) is 5. The second-order valence-electron chi connectivity index (χ2n) is 25.2. The van der Waals surface area contributed by atoms with E-state index in [9.17, 15) is 0 Å². The first-order valence-electron chi connectivity index (χ1n) is 36.3. The molecule has 0 atom stereocenters. The third kappa shape index (κ3) is 42.0. The van der Waals surface area contributed by atoms with Crippen molar-refractivity contribution in [1.82, 2.24) is 0 Å². The molecule has 10 aromatic rings. The van der Waals surface area contributed by atoms with Gasteiger partial charge in [0.1, 0.15) is 61.8 Å². The van der Waals surface area contributed by atoms with Gasteiger partial charge >= 0.3 is 0 Å². The second kappa shape index (κ2) is 58.2. The van der Waals surface area contributed by atoms with Gasteiger partial charge in [-0.05, 0) is 241 Å². The van der Waals surface area contributed by atoms with Crippen molar-refractivity contribution < 1.29 is 47.2 Å². The van der Waals surface area contributed by atoms with E-state index in [0.717, 1.165) is 53.2 Å². The summed E-state index contributed by atoms with van der Waals surface area (Å²) in [5.41, 5.74) is 13.1. The summed E-state index contributed by atoms with van der Waals surface area (Å²) in [6, 6.07) is 81.7. The minimum absolute atomic E-state index is 0. The Labute approximate surface area is 653 Å². The highest BCUT2D eigenvalue weighted by Gasteiger charge is 2.05. The second-order valence-corrected chi connectivity index (χ2v) is 27.5. The van der Waals surface area contributed by atoms with Gasteiger partial charge in [0.25, 0.3) is 0 Å². The molecule has 0 N–H and O–H groups in total. The van der Waals surface area contributed by atoms with Crippen LogP contribution in [0, 0.1) is 0 Å². The molecule has 15 heteroatoms. The van der Waals surface area contributed by atoms with Gasteiger partial charge in [0.15, 0.2) is 0 Å². The highest BCUT2D eigenvalue weighted by Crippen LogP contribution is 2.23. The van der Waals surface area contributed by atoms with Crippen LogP contribution in [0.5, 0.6) is 28.7 Å². The van der Waals surface area contributed by atoms with Gasteiger partial charge in [0, 0.05) is 24.5 Å². The highest BCUT2D eigenvalue weighted by molar-refractivity contribution is 7.81. The molecule has 565 valence electrons. The zero-order chi connectivity index (χ0) is 71.0. The summed E-state index contributed by atoms with van der Waals surface area (Å²) in [6.45, 7) is 14.2. The molecule has 0 spiro atoms. The standard InChI is InChI=1S/5C18H21OS.5FH/c5*1-2-3-4-5-15-6-8-16(9-7-15)14-19-17-10-12-18(20)13-11-17;;;;;/h5*6-13H,2-5,14H2,1H3;5*1H. The van der Waals surface area contributed by atoms with Crippen LogP contribution in [0.15, 0.2) is 267 Å². The summed E-state index contributed by atoms with van der Waals surface area (Å²) in [4.78, 5) is 4.21. The number of hydrogen-bond donors (Lipinski definition) is 0. The maximum Gasteiger partial charge on any atom is 0.119 e. The average molecular weight is 1530 g/mol. The van der Waals surface area contributed by atoms with Crippen molar-refractivity contribution in [3.63, 3.8) is 0 Å². The van der Waals surface area contributed by atoms with E-state index in [1.165, 1.54) is 184 Å². The predicted octanol–water partition coefficient (Wildman–Crippen LogP) is 28.5. The fraction of sp³-hybridized carbons (Fsp3) is 0.333. The van der Waals surface area contributed by atoms with Crippen LogP contribution < -0.4 is 23.7 Å². The largest absolute Gasteiger partial charge is 0.489 e. The summed E-state index contributed by atoms with van der Waals surface area (Å²) >= 11 is 25.3. The van der Waals surface area contributed by atoms with Crippen molar-refractivity contribution in [3.8, 4) is 28.7 Å². The summed E-state index contributed by atoms with van der Waals surface area (Å²) in [5.74, 6) is 4.33. The van der Waals surface area contributed by atoms with E-state index in [-0.39, 0.29) is 23.5 Å². The smallest absolute Gasteiger partial charge is 0.119 e. The van der Waals surface area contributed by atoms with E-state index in [4.69, 9.17) is 86.8 Å². The van der Waals surface area contributed by atoms with E-state index in [1.54, 1.807) is 0 Å². The van der Waals surface area contributed by atoms with Crippen LogP contribution >= 0.6 is 63.1 Å². The molecule has 105 heavy (non-hydrogen) atoms. The molecule has 0 aliphatic heterocycles. The number of rotatable bonds is 35. The van der Waals surface area contributed by atoms with Crippen molar-refractivity contribution in [2.24, 2.45) is 0 Å². The van der Waals surface area contributed by atoms with Crippen LogP contribution in [0.2, 0.25) is 0 Å². The molecular weight excluding hydrogens is 1420 g/mol. The van der Waals surface area contributed by atoms with E-state index in [2.05, 4.69) is 156 Å². The number of benzene rings is 10. The van der Waals surface area contributed by atoms with Gasteiger partial charge in [-0.15, -0.1) is 0 Å². The van der Waals surface area contributed by atoms with Crippen molar-refractivity contribution in [1.29, 1.82) is 0 Å². The third-order valence-corrected chi connectivity index (χ3v) is 18.0. The maximum atomic E-state index is 5.74. The maximum absolute atomic E-state index is 5.74. The monoisotopic (exact) mass is 1530 g/mol. The van der Waals surface area contributed by atoms with Crippen LogP contribution in [0.4, 0.5) is 23.5 Å². The van der Waals surface area contributed by atoms with Crippen LogP contribution in [0.25, 0.3) is 0 Å². The molecule has 0 aliphatic carbocycles. The van der Waals surface area contributed by atoms with Crippen molar-refractivity contribution in [3.05, 3.63) is 298 Å². The normalized spacial score (nSPS) is 9.95.